The molecule has 27 heavy (non-hydrogen) atoms. The van der Waals surface area contributed by atoms with E-state index in [2.05, 4.69) is 41.8 Å². The molecule has 0 saturated carbocycles. The summed E-state index contributed by atoms with van der Waals surface area (Å²) in [6.07, 6.45) is -2.55. The van der Waals surface area contributed by atoms with E-state index >= 15 is 0 Å². The number of nitrogens with one attached hydrogen (secondary N) is 1. The van der Waals surface area contributed by atoms with Crippen molar-refractivity contribution < 1.29 is 17.7 Å². The Morgan fingerprint density at radius 3 is 2.67 bits per heavy atom. The normalized spacial score (nSPS) is 11.9. The Kier molecular flexibility index (Phi) is 3.72. The molecule has 0 bridgehead atoms. The number of aliphatic imine (C=N–C) groups is 1. The summed E-state index contributed by atoms with van der Waals surface area (Å²) in [7, 11) is 0. The highest BCUT2D eigenvalue weighted by atomic mass is 19.4. The predicted octanol–water partition coefficient (Wildman–Crippen LogP) is 3.73. The highest BCUT2D eigenvalue weighted by Gasteiger charge is 2.36. The average Bonchev–Trinajstić information content (AvgIpc) is 3.26. The number of H-pyrrole nitrogens is 1. The molecule has 8 nitrogen and oxygen atoms in total. The third-order valence-corrected chi connectivity index (χ3v) is 3.77. The van der Waals surface area contributed by atoms with Crippen molar-refractivity contribution >= 4 is 23.7 Å². The number of aromatic amines is 1. The molecule has 4 rings (SSSR count). The first-order chi connectivity index (χ1) is 12.9. The molecule has 0 aromatic carbocycles. The molecule has 0 saturated heterocycles. The maximum absolute atomic E-state index is 13.4. The van der Waals surface area contributed by atoms with Crippen LogP contribution in [0.2, 0.25) is 0 Å². The molecule has 0 fully saturated rings. The molecule has 0 atom stereocenters. The molecule has 0 amide bonds. The lowest BCUT2D eigenvalue weighted by Gasteiger charge is -2.11. The number of alkyl halides is 3. The second-order valence-corrected chi connectivity index (χ2v) is 5.52. The fourth-order valence-electron chi connectivity index (χ4n) is 2.59. The van der Waals surface area contributed by atoms with Gasteiger partial charge in [0.15, 0.2) is 0 Å². The van der Waals surface area contributed by atoms with E-state index in [1.54, 1.807) is 19.1 Å². The lowest BCUT2D eigenvalue weighted by Crippen LogP contribution is -2.09. The van der Waals surface area contributed by atoms with Gasteiger partial charge in [-0.2, -0.15) is 18.2 Å². The van der Waals surface area contributed by atoms with Gasteiger partial charge in [0.25, 0.3) is 0 Å². The molecule has 1 N–H and O–H groups in total. The van der Waals surface area contributed by atoms with E-state index in [1.165, 1.54) is 6.20 Å². The fraction of sp³-hybridized carbons (Fsp3) is 0.125. The Hall–Kier alpha value is -3.63. The van der Waals surface area contributed by atoms with Gasteiger partial charge in [0.1, 0.15) is 16.9 Å². The fourth-order valence-corrected chi connectivity index (χ4v) is 2.59. The number of hydrogen-bond donors (Lipinski definition) is 1. The summed E-state index contributed by atoms with van der Waals surface area (Å²) < 4.78 is 45.1. The molecule has 4 heterocycles. The van der Waals surface area contributed by atoms with E-state index in [1.807, 2.05) is 0 Å². The molecule has 0 spiro atoms. The molecular formula is C16H10F3N7O. The van der Waals surface area contributed by atoms with Crippen LogP contribution in [0.25, 0.3) is 33.8 Å². The van der Waals surface area contributed by atoms with Gasteiger partial charge in [-0.25, -0.2) is 19.9 Å². The third kappa shape index (κ3) is 2.92. The second kappa shape index (κ2) is 5.97. The summed E-state index contributed by atoms with van der Waals surface area (Å²) in [6, 6.07) is 3.20. The van der Waals surface area contributed by atoms with Crippen molar-refractivity contribution in [1.82, 2.24) is 30.1 Å². The molecule has 136 valence electrons. The summed E-state index contributed by atoms with van der Waals surface area (Å²) in [5, 5.41) is 4.22. The topological polar surface area (TPSA) is 106 Å². The van der Waals surface area contributed by atoms with Gasteiger partial charge in [0, 0.05) is 30.3 Å². The average molecular weight is 373 g/mol. The molecule has 4 aromatic rings. The first-order valence-corrected chi connectivity index (χ1v) is 7.57. The molecule has 0 aliphatic rings. The van der Waals surface area contributed by atoms with Gasteiger partial charge in [0.2, 0.25) is 17.7 Å². The summed E-state index contributed by atoms with van der Waals surface area (Å²) in [6.45, 7) is 4.90. The Morgan fingerprint density at radius 2 is 2.00 bits per heavy atom. The van der Waals surface area contributed by atoms with Crippen molar-refractivity contribution in [2.75, 3.05) is 0 Å². The van der Waals surface area contributed by atoms with E-state index in [0.29, 0.717) is 28.8 Å². The number of nitrogens with zero attached hydrogens (tertiary/aromatic N) is 6. The van der Waals surface area contributed by atoms with Gasteiger partial charge < -0.3 is 9.51 Å². The monoisotopic (exact) mass is 373 g/mol. The molecule has 4 aromatic heterocycles. The molecule has 0 aliphatic heterocycles. The van der Waals surface area contributed by atoms with Crippen molar-refractivity contribution in [1.29, 1.82) is 0 Å². The van der Waals surface area contributed by atoms with E-state index in [0.717, 1.165) is 0 Å². The standard InChI is InChI=1S/C16H10F3N7O/c1-7-23-14(26-27-7)11-4-3-8-9(5-21-13(8)24-11)12-10(16(17,18)19)6-22-15(20-2)25-12/h3-6H,2H2,1H3,(H,21,24). The maximum Gasteiger partial charge on any atom is 0.419 e. The van der Waals surface area contributed by atoms with Crippen LogP contribution >= 0.6 is 0 Å². The lowest BCUT2D eigenvalue weighted by atomic mass is 10.1. The van der Waals surface area contributed by atoms with Gasteiger partial charge in [0.05, 0.1) is 5.69 Å². The second-order valence-electron chi connectivity index (χ2n) is 5.52. The van der Waals surface area contributed by atoms with Gasteiger partial charge in [-0.3, -0.25) is 0 Å². The molecule has 0 radical (unpaired) electrons. The van der Waals surface area contributed by atoms with Gasteiger partial charge in [-0.05, 0) is 18.9 Å². The smallest absolute Gasteiger partial charge is 0.345 e. The summed E-state index contributed by atoms with van der Waals surface area (Å²) in [4.78, 5) is 22.2. The summed E-state index contributed by atoms with van der Waals surface area (Å²) >= 11 is 0. The Labute approximate surface area is 149 Å². The van der Waals surface area contributed by atoms with Crippen LogP contribution in [0.3, 0.4) is 0 Å². The van der Waals surface area contributed by atoms with Crippen LogP contribution in [0.4, 0.5) is 19.1 Å². The first kappa shape index (κ1) is 16.8. The zero-order valence-electron chi connectivity index (χ0n) is 13.7. The van der Waals surface area contributed by atoms with Crippen LogP contribution in [0.5, 0.6) is 0 Å². The highest BCUT2D eigenvalue weighted by Crippen LogP contribution is 2.38. The summed E-state index contributed by atoms with van der Waals surface area (Å²) in [5.74, 6) is 0.500. The summed E-state index contributed by atoms with van der Waals surface area (Å²) in [5.41, 5.74) is -0.303. The van der Waals surface area contributed by atoms with Gasteiger partial charge >= 0.3 is 6.18 Å². The third-order valence-electron chi connectivity index (χ3n) is 3.77. The maximum atomic E-state index is 13.4. The van der Waals surface area contributed by atoms with Crippen molar-refractivity contribution in [3.05, 3.63) is 36.0 Å². The number of halogens is 3. The quantitative estimate of drug-likeness (QED) is 0.549. The Morgan fingerprint density at radius 1 is 1.19 bits per heavy atom. The minimum absolute atomic E-state index is 0.154. The van der Waals surface area contributed by atoms with Crippen LogP contribution in [0.15, 0.2) is 34.0 Å². The lowest BCUT2D eigenvalue weighted by molar-refractivity contribution is -0.137. The van der Waals surface area contributed by atoms with Crippen molar-refractivity contribution in [2.45, 2.75) is 13.1 Å². The number of pyridine rings is 1. The minimum atomic E-state index is -4.63. The Balaban J connectivity index is 1.89. The van der Waals surface area contributed by atoms with Crippen LogP contribution in [-0.2, 0) is 6.18 Å². The minimum Gasteiger partial charge on any atom is -0.345 e. The van der Waals surface area contributed by atoms with Crippen molar-refractivity contribution in [3.63, 3.8) is 0 Å². The van der Waals surface area contributed by atoms with Crippen LogP contribution in [0, 0.1) is 6.92 Å². The number of hydrogen-bond acceptors (Lipinski definition) is 7. The number of fused-ring (bicyclic) bond motifs is 1. The molecule has 0 unspecified atom stereocenters. The van der Waals surface area contributed by atoms with Crippen molar-refractivity contribution in [3.8, 4) is 22.8 Å². The SMILES string of the molecule is C=Nc1ncc(C(F)(F)F)c(-c2c[nH]c3nc(-c4noc(C)n4)ccc23)n1. The van der Waals surface area contributed by atoms with Gasteiger partial charge in [-0.1, -0.05) is 5.16 Å². The van der Waals surface area contributed by atoms with E-state index < -0.39 is 11.7 Å². The molecule has 11 heteroatoms. The highest BCUT2D eigenvalue weighted by molar-refractivity contribution is 5.94. The first-order valence-electron chi connectivity index (χ1n) is 7.57. The predicted molar refractivity (Wildman–Crippen MR) is 89.4 cm³/mol. The number of aryl methyl sites for hydroxylation is 1. The van der Waals surface area contributed by atoms with E-state index in [4.69, 9.17) is 4.52 Å². The zero-order chi connectivity index (χ0) is 19.2. The van der Waals surface area contributed by atoms with Gasteiger partial charge in [-0.15, -0.1) is 0 Å². The van der Waals surface area contributed by atoms with Crippen LogP contribution in [0.1, 0.15) is 11.5 Å². The van der Waals surface area contributed by atoms with E-state index in [9.17, 15) is 13.2 Å². The number of aromatic nitrogens is 6. The molecular weight excluding hydrogens is 363 g/mol. The molecule has 0 aliphatic carbocycles. The Bertz CT molecular complexity index is 1160. The number of rotatable bonds is 3. The largest absolute Gasteiger partial charge is 0.419 e. The van der Waals surface area contributed by atoms with E-state index in [-0.39, 0.29) is 23.0 Å². The van der Waals surface area contributed by atoms with Crippen LogP contribution < -0.4 is 0 Å². The van der Waals surface area contributed by atoms with Crippen LogP contribution in [-0.4, -0.2) is 36.8 Å². The van der Waals surface area contributed by atoms with Crippen molar-refractivity contribution in [2.24, 2.45) is 4.99 Å². The zero-order valence-corrected chi connectivity index (χ0v) is 13.7.